The summed E-state index contributed by atoms with van der Waals surface area (Å²) < 4.78 is 0. The molecule has 0 bridgehead atoms. The van der Waals surface area contributed by atoms with Gasteiger partial charge < -0.3 is 5.32 Å². The lowest BCUT2D eigenvalue weighted by Gasteiger charge is -2.20. The van der Waals surface area contributed by atoms with E-state index in [2.05, 4.69) is 59.9 Å². The largest absolute Gasteiger partial charge is 0.306 e. The Bertz CT molecular complexity index is 712. The van der Waals surface area contributed by atoms with Gasteiger partial charge in [0, 0.05) is 16.5 Å². The van der Waals surface area contributed by atoms with Gasteiger partial charge in [-0.05, 0) is 48.2 Å². The number of hydrogen-bond acceptors (Lipinski definition) is 3. The molecule has 2 heterocycles. The van der Waals surface area contributed by atoms with Crippen LogP contribution in [0.5, 0.6) is 0 Å². The van der Waals surface area contributed by atoms with Crippen molar-refractivity contribution in [3.8, 4) is 0 Å². The van der Waals surface area contributed by atoms with Crippen LogP contribution >= 0.6 is 11.3 Å². The van der Waals surface area contributed by atoms with Crippen molar-refractivity contribution in [2.45, 2.75) is 19.9 Å². The number of nitrogens with zero attached hydrogens (tertiary/aromatic N) is 1. The highest BCUT2D eigenvalue weighted by molar-refractivity contribution is 7.10. The smallest absolute Gasteiger partial charge is 0.0705 e. The molecule has 0 radical (unpaired) electrons. The summed E-state index contributed by atoms with van der Waals surface area (Å²) in [6.07, 6.45) is 1.85. The van der Waals surface area contributed by atoms with Gasteiger partial charge >= 0.3 is 0 Å². The summed E-state index contributed by atoms with van der Waals surface area (Å²) >= 11 is 1.82. The van der Waals surface area contributed by atoms with Crippen molar-refractivity contribution in [1.82, 2.24) is 10.3 Å². The fourth-order valence-electron chi connectivity index (χ4n) is 2.61. The van der Waals surface area contributed by atoms with Gasteiger partial charge in [0.15, 0.2) is 0 Å². The summed E-state index contributed by atoms with van der Waals surface area (Å²) in [7, 11) is 0. The third-order valence-electron chi connectivity index (χ3n) is 3.56. The van der Waals surface area contributed by atoms with Crippen molar-refractivity contribution in [3.05, 3.63) is 64.0 Å². The molecule has 0 fully saturated rings. The lowest BCUT2D eigenvalue weighted by molar-refractivity contribution is 0.641. The van der Waals surface area contributed by atoms with E-state index < -0.39 is 0 Å². The molecule has 20 heavy (non-hydrogen) atoms. The van der Waals surface area contributed by atoms with Crippen LogP contribution in [0.4, 0.5) is 0 Å². The van der Waals surface area contributed by atoms with Crippen molar-refractivity contribution in [2.75, 3.05) is 6.54 Å². The van der Waals surface area contributed by atoms with Crippen molar-refractivity contribution in [3.63, 3.8) is 0 Å². The minimum atomic E-state index is 0.243. The molecule has 0 amide bonds. The van der Waals surface area contributed by atoms with Gasteiger partial charge in [0.1, 0.15) is 0 Å². The maximum Gasteiger partial charge on any atom is 0.0705 e. The Morgan fingerprint density at radius 1 is 1.20 bits per heavy atom. The Balaban J connectivity index is 2.17. The molecular formula is C17H18N2S. The zero-order valence-electron chi connectivity index (χ0n) is 11.8. The van der Waals surface area contributed by atoms with Crippen molar-refractivity contribution < 1.29 is 0 Å². The summed E-state index contributed by atoms with van der Waals surface area (Å²) in [5, 5.41) is 7.01. The SMILES string of the molecule is CCNC(c1sccc1C)c1cccc2ncccc12. The molecule has 3 aromatic rings. The Labute approximate surface area is 123 Å². The molecule has 1 unspecified atom stereocenters. The zero-order chi connectivity index (χ0) is 13.9. The maximum absolute atomic E-state index is 4.46. The summed E-state index contributed by atoms with van der Waals surface area (Å²) in [6, 6.07) is 13.0. The van der Waals surface area contributed by atoms with Gasteiger partial charge in [-0.25, -0.2) is 0 Å². The van der Waals surface area contributed by atoms with Crippen molar-refractivity contribution in [2.24, 2.45) is 0 Å². The van der Waals surface area contributed by atoms with Gasteiger partial charge in [0.05, 0.1) is 11.6 Å². The van der Waals surface area contributed by atoms with Gasteiger partial charge in [-0.2, -0.15) is 0 Å². The van der Waals surface area contributed by atoms with E-state index in [-0.39, 0.29) is 6.04 Å². The number of thiophene rings is 1. The zero-order valence-corrected chi connectivity index (χ0v) is 12.6. The summed E-state index contributed by atoms with van der Waals surface area (Å²) in [4.78, 5) is 5.86. The normalized spacial score (nSPS) is 12.7. The number of fused-ring (bicyclic) bond motifs is 1. The highest BCUT2D eigenvalue weighted by atomic mass is 32.1. The maximum atomic E-state index is 4.46. The summed E-state index contributed by atoms with van der Waals surface area (Å²) in [5.74, 6) is 0. The third kappa shape index (κ3) is 2.35. The molecule has 1 aromatic carbocycles. The quantitative estimate of drug-likeness (QED) is 0.771. The standard InChI is InChI=1S/C17H18N2S/c1-3-18-16(17-12(2)9-11-20-17)14-6-4-8-15-13(14)7-5-10-19-15/h4-11,16,18H,3H2,1-2H3. The van der Waals surface area contributed by atoms with E-state index in [0.29, 0.717) is 0 Å². The fraction of sp³-hybridized carbons (Fsp3) is 0.235. The number of aryl methyl sites for hydroxylation is 1. The van der Waals surface area contributed by atoms with E-state index in [9.17, 15) is 0 Å². The van der Waals surface area contributed by atoms with Gasteiger partial charge in [-0.3, -0.25) is 4.98 Å². The fourth-order valence-corrected chi connectivity index (χ4v) is 3.63. The summed E-state index contributed by atoms with van der Waals surface area (Å²) in [5.41, 5.74) is 3.71. The second-order valence-electron chi connectivity index (χ2n) is 4.88. The van der Waals surface area contributed by atoms with Gasteiger partial charge in [0.2, 0.25) is 0 Å². The van der Waals surface area contributed by atoms with Crippen LogP contribution in [-0.2, 0) is 0 Å². The molecule has 0 spiro atoms. The van der Waals surface area contributed by atoms with Crippen LogP contribution in [0, 0.1) is 6.92 Å². The number of nitrogens with one attached hydrogen (secondary N) is 1. The van der Waals surface area contributed by atoms with Crippen molar-refractivity contribution >= 4 is 22.2 Å². The number of hydrogen-bond donors (Lipinski definition) is 1. The molecule has 0 aliphatic carbocycles. The van der Waals surface area contributed by atoms with E-state index in [1.807, 2.05) is 23.6 Å². The first-order chi connectivity index (χ1) is 9.81. The second kappa shape index (κ2) is 5.73. The molecule has 0 saturated heterocycles. The lowest BCUT2D eigenvalue weighted by Crippen LogP contribution is -2.22. The molecule has 0 saturated carbocycles. The molecule has 1 N–H and O–H groups in total. The molecular weight excluding hydrogens is 264 g/mol. The third-order valence-corrected chi connectivity index (χ3v) is 4.65. The molecule has 3 rings (SSSR count). The second-order valence-corrected chi connectivity index (χ2v) is 5.82. The van der Waals surface area contributed by atoms with E-state index in [1.54, 1.807) is 0 Å². The first-order valence-electron chi connectivity index (χ1n) is 6.92. The van der Waals surface area contributed by atoms with Crippen LogP contribution in [0.3, 0.4) is 0 Å². The van der Waals surface area contributed by atoms with E-state index in [1.165, 1.54) is 21.4 Å². The van der Waals surface area contributed by atoms with Crippen LogP contribution in [0.25, 0.3) is 10.9 Å². The first-order valence-corrected chi connectivity index (χ1v) is 7.80. The number of pyridine rings is 1. The van der Waals surface area contributed by atoms with Gasteiger partial charge in [0.25, 0.3) is 0 Å². The molecule has 2 aromatic heterocycles. The van der Waals surface area contributed by atoms with Gasteiger partial charge in [-0.15, -0.1) is 11.3 Å². The summed E-state index contributed by atoms with van der Waals surface area (Å²) in [6.45, 7) is 5.28. The Hall–Kier alpha value is -1.71. The highest BCUT2D eigenvalue weighted by Gasteiger charge is 2.18. The number of aromatic nitrogens is 1. The predicted molar refractivity (Wildman–Crippen MR) is 86.3 cm³/mol. The van der Waals surface area contributed by atoms with Crippen LogP contribution in [0.1, 0.15) is 29.0 Å². The Kier molecular flexibility index (Phi) is 3.81. The molecule has 0 aliphatic rings. The Morgan fingerprint density at radius 2 is 2.10 bits per heavy atom. The molecule has 1 atom stereocenters. The van der Waals surface area contributed by atoms with Crippen LogP contribution in [0.15, 0.2) is 48.0 Å². The monoisotopic (exact) mass is 282 g/mol. The first kappa shape index (κ1) is 13.3. The van der Waals surface area contributed by atoms with Crippen LogP contribution < -0.4 is 5.32 Å². The van der Waals surface area contributed by atoms with E-state index >= 15 is 0 Å². The molecule has 0 aliphatic heterocycles. The van der Waals surface area contributed by atoms with E-state index in [0.717, 1.165) is 12.1 Å². The minimum Gasteiger partial charge on any atom is -0.306 e. The average Bonchev–Trinajstić information content (AvgIpc) is 2.90. The lowest BCUT2D eigenvalue weighted by atomic mass is 9.98. The van der Waals surface area contributed by atoms with Crippen LogP contribution in [-0.4, -0.2) is 11.5 Å². The van der Waals surface area contributed by atoms with Crippen molar-refractivity contribution in [1.29, 1.82) is 0 Å². The molecule has 3 heteroatoms. The van der Waals surface area contributed by atoms with E-state index in [4.69, 9.17) is 0 Å². The molecule has 102 valence electrons. The number of benzene rings is 1. The number of rotatable bonds is 4. The predicted octanol–water partition coefficient (Wildman–Crippen LogP) is 4.30. The average molecular weight is 282 g/mol. The van der Waals surface area contributed by atoms with Gasteiger partial charge in [-0.1, -0.05) is 25.1 Å². The Morgan fingerprint density at radius 3 is 2.85 bits per heavy atom. The highest BCUT2D eigenvalue weighted by Crippen LogP contribution is 2.32. The van der Waals surface area contributed by atoms with Crippen LogP contribution in [0.2, 0.25) is 0 Å². The topological polar surface area (TPSA) is 24.9 Å². The molecule has 2 nitrogen and oxygen atoms in total. The minimum absolute atomic E-state index is 0.243.